The zero-order chi connectivity index (χ0) is 13.4. The van der Waals surface area contributed by atoms with Crippen LogP contribution in [0, 0.1) is 0 Å². The average molecular weight is 253 g/mol. The molecular weight excluding hydrogens is 226 g/mol. The number of likely N-dealkylation sites (tertiary alicyclic amines) is 1. The number of rotatable bonds is 7. The number of nitrogens with one attached hydrogen (secondary N) is 2. The maximum atomic E-state index is 11.7. The molecule has 1 heterocycles. The van der Waals surface area contributed by atoms with Crippen molar-refractivity contribution in [2.75, 3.05) is 26.2 Å². The molecule has 0 aromatic carbocycles. The molecule has 1 amide bonds. The largest absolute Gasteiger partial charge is 0.351 e. The topological polar surface area (TPSA) is 44.4 Å². The first-order valence-corrected chi connectivity index (χ1v) is 7.04. The summed E-state index contributed by atoms with van der Waals surface area (Å²) in [6.45, 7) is 11.8. The second kappa shape index (κ2) is 8.27. The molecule has 0 aromatic heterocycles. The van der Waals surface area contributed by atoms with Gasteiger partial charge >= 0.3 is 0 Å². The van der Waals surface area contributed by atoms with Crippen LogP contribution < -0.4 is 10.6 Å². The Balaban J connectivity index is 2.23. The lowest BCUT2D eigenvalue weighted by atomic mass is 10.0. The van der Waals surface area contributed by atoms with E-state index >= 15 is 0 Å². The molecule has 1 rings (SSSR count). The van der Waals surface area contributed by atoms with Crippen molar-refractivity contribution in [1.29, 1.82) is 0 Å². The molecule has 18 heavy (non-hydrogen) atoms. The van der Waals surface area contributed by atoms with Crippen molar-refractivity contribution >= 4 is 5.91 Å². The van der Waals surface area contributed by atoms with Crippen molar-refractivity contribution in [2.45, 2.75) is 45.2 Å². The number of piperidine rings is 1. The second-order valence-electron chi connectivity index (χ2n) is 5.04. The van der Waals surface area contributed by atoms with E-state index in [9.17, 15) is 4.79 Å². The first-order valence-electron chi connectivity index (χ1n) is 7.04. The third-order valence-electron chi connectivity index (χ3n) is 3.43. The van der Waals surface area contributed by atoms with Crippen LogP contribution in [0.1, 0.15) is 33.1 Å². The molecule has 0 aliphatic carbocycles. The minimum absolute atomic E-state index is 0.0610. The maximum absolute atomic E-state index is 11.7. The molecule has 1 aliphatic heterocycles. The van der Waals surface area contributed by atoms with Crippen LogP contribution in [0.3, 0.4) is 0 Å². The van der Waals surface area contributed by atoms with Crippen molar-refractivity contribution < 1.29 is 4.79 Å². The molecule has 1 saturated heterocycles. The van der Waals surface area contributed by atoms with Gasteiger partial charge in [0.15, 0.2) is 0 Å². The van der Waals surface area contributed by atoms with Gasteiger partial charge in [-0.3, -0.25) is 4.79 Å². The van der Waals surface area contributed by atoms with E-state index in [-0.39, 0.29) is 11.9 Å². The molecule has 4 heteroatoms. The van der Waals surface area contributed by atoms with Crippen molar-refractivity contribution in [1.82, 2.24) is 15.5 Å². The summed E-state index contributed by atoms with van der Waals surface area (Å²) in [5.74, 6) is 0.0610. The minimum Gasteiger partial charge on any atom is -0.351 e. The lowest BCUT2D eigenvalue weighted by Gasteiger charge is -2.33. The summed E-state index contributed by atoms with van der Waals surface area (Å²) in [6, 6.07) is 0.357. The van der Waals surface area contributed by atoms with E-state index in [0.717, 1.165) is 25.9 Å². The van der Waals surface area contributed by atoms with Crippen LogP contribution in [-0.4, -0.2) is 49.1 Å². The highest BCUT2D eigenvalue weighted by Gasteiger charge is 2.22. The Labute approximate surface area is 111 Å². The molecule has 104 valence electrons. The summed E-state index contributed by atoms with van der Waals surface area (Å²) in [6.07, 6.45) is 5.20. The van der Waals surface area contributed by atoms with Crippen molar-refractivity contribution in [3.63, 3.8) is 0 Å². The molecule has 0 spiro atoms. The van der Waals surface area contributed by atoms with E-state index in [1.54, 1.807) is 6.08 Å². The van der Waals surface area contributed by atoms with Gasteiger partial charge in [-0.05, 0) is 45.8 Å². The van der Waals surface area contributed by atoms with Gasteiger partial charge in [-0.15, -0.1) is 6.58 Å². The summed E-state index contributed by atoms with van der Waals surface area (Å²) in [5, 5.41) is 6.24. The summed E-state index contributed by atoms with van der Waals surface area (Å²) in [5.41, 5.74) is 0. The fourth-order valence-corrected chi connectivity index (χ4v) is 2.39. The first kappa shape index (κ1) is 15.2. The molecule has 1 fully saturated rings. The summed E-state index contributed by atoms with van der Waals surface area (Å²) >= 11 is 0. The number of hydrogen-bond donors (Lipinski definition) is 2. The normalized spacial score (nSPS) is 19.4. The van der Waals surface area contributed by atoms with Crippen LogP contribution in [0.15, 0.2) is 12.7 Å². The fourth-order valence-electron chi connectivity index (χ4n) is 2.39. The van der Waals surface area contributed by atoms with Crippen molar-refractivity contribution in [3.8, 4) is 0 Å². The fraction of sp³-hybridized carbons (Fsp3) is 0.786. The van der Waals surface area contributed by atoms with Crippen LogP contribution in [0.4, 0.5) is 0 Å². The Morgan fingerprint density at radius 3 is 2.72 bits per heavy atom. The molecule has 1 unspecified atom stereocenters. The smallest absolute Gasteiger partial charge is 0.237 e. The first-order chi connectivity index (χ1) is 8.67. The predicted octanol–water partition coefficient (Wildman–Crippen LogP) is 1.14. The second-order valence-corrected chi connectivity index (χ2v) is 5.04. The van der Waals surface area contributed by atoms with E-state index in [1.165, 1.54) is 13.0 Å². The average Bonchev–Trinajstić information content (AvgIpc) is 2.38. The third kappa shape index (κ3) is 5.19. The van der Waals surface area contributed by atoms with E-state index in [4.69, 9.17) is 0 Å². The molecule has 2 N–H and O–H groups in total. The zero-order valence-corrected chi connectivity index (χ0v) is 11.7. The van der Waals surface area contributed by atoms with Crippen LogP contribution in [-0.2, 0) is 4.79 Å². The molecule has 1 aliphatic rings. The van der Waals surface area contributed by atoms with Gasteiger partial charge in [0.1, 0.15) is 0 Å². The van der Waals surface area contributed by atoms with E-state index < -0.39 is 0 Å². The highest BCUT2D eigenvalue weighted by molar-refractivity contribution is 5.81. The monoisotopic (exact) mass is 253 g/mol. The van der Waals surface area contributed by atoms with Crippen molar-refractivity contribution in [2.24, 2.45) is 0 Å². The number of amides is 1. The van der Waals surface area contributed by atoms with Gasteiger partial charge in [-0.25, -0.2) is 0 Å². The standard InChI is InChI=1S/C14H27N3O/c1-4-8-15-14(18)12(3)16-13-6-10-17(9-5-2)11-7-13/h4,12-13,16H,1,5-11H2,2-3H3,(H,15,18). The summed E-state index contributed by atoms with van der Waals surface area (Å²) in [4.78, 5) is 14.2. The molecule has 0 bridgehead atoms. The lowest BCUT2D eigenvalue weighted by molar-refractivity contribution is -0.122. The molecule has 4 nitrogen and oxygen atoms in total. The van der Waals surface area contributed by atoms with Gasteiger partial charge < -0.3 is 15.5 Å². The summed E-state index contributed by atoms with van der Waals surface area (Å²) in [7, 11) is 0. The third-order valence-corrected chi connectivity index (χ3v) is 3.43. The summed E-state index contributed by atoms with van der Waals surface area (Å²) < 4.78 is 0. The van der Waals surface area contributed by atoms with Gasteiger partial charge in [0.05, 0.1) is 6.04 Å². The lowest BCUT2D eigenvalue weighted by Crippen LogP contribution is -2.50. The highest BCUT2D eigenvalue weighted by atomic mass is 16.2. The Kier molecular flexibility index (Phi) is 6.98. The SMILES string of the molecule is C=CCNC(=O)C(C)NC1CCN(CCC)CC1. The molecule has 1 atom stereocenters. The molecule has 0 radical (unpaired) electrons. The van der Waals surface area contributed by atoms with Crippen LogP contribution in [0.5, 0.6) is 0 Å². The van der Waals surface area contributed by atoms with E-state index in [2.05, 4.69) is 29.0 Å². The zero-order valence-electron chi connectivity index (χ0n) is 11.7. The maximum Gasteiger partial charge on any atom is 0.237 e. The van der Waals surface area contributed by atoms with Crippen molar-refractivity contribution in [3.05, 3.63) is 12.7 Å². The number of carbonyl (C=O) groups is 1. The highest BCUT2D eigenvalue weighted by Crippen LogP contribution is 2.11. The molecule has 0 aromatic rings. The number of hydrogen-bond acceptors (Lipinski definition) is 3. The Morgan fingerprint density at radius 1 is 1.50 bits per heavy atom. The Hall–Kier alpha value is -0.870. The van der Waals surface area contributed by atoms with E-state index in [0.29, 0.717) is 12.6 Å². The van der Waals surface area contributed by atoms with Crippen LogP contribution in [0.2, 0.25) is 0 Å². The predicted molar refractivity (Wildman–Crippen MR) is 75.6 cm³/mol. The van der Waals surface area contributed by atoms with Gasteiger partial charge in [0, 0.05) is 12.6 Å². The van der Waals surface area contributed by atoms with Gasteiger partial charge in [0.2, 0.25) is 5.91 Å². The van der Waals surface area contributed by atoms with Gasteiger partial charge in [0.25, 0.3) is 0 Å². The quantitative estimate of drug-likeness (QED) is 0.669. The minimum atomic E-state index is -0.118. The van der Waals surface area contributed by atoms with E-state index in [1.807, 2.05) is 6.92 Å². The number of carbonyl (C=O) groups excluding carboxylic acids is 1. The number of nitrogens with zero attached hydrogens (tertiary/aromatic N) is 1. The van der Waals surface area contributed by atoms with Gasteiger partial charge in [-0.2, -0.15) is 0 Å². The Morgan fingerprint density at radius 2 is 2.17 bits per heavy atom. The molecule has 0 saturated carbocycles. The molecular formula is C14H27N3O. The van der Waals surface area contributed by atoms with Gasteiger partial charge in [-0.1, -0.05) is 13.0 Å². The van der Waals surface area contributed by atoms with Crippen LogP contribution in [0.25, 0.3) is 0 Å². The van der Waals surface area contributed by atoms with Crippen LogP contribution >= 0.6 is 0 Å². The Bertz CT molecular complexity index is 260.